The molecule has 5 aromatic rings. The number of aryl methyl sites for hydroxylation is 1. The van der Waals surface area contributed by atoms with Gasteiger partial charge in [0, 0.05) is 31.0 Å². The number of nitrogens with zero attached hydrogens (tertiary/aromatic N) is 6. The predicted molar refractivity (Wildman–Crippen MR) is 119 cm³/mol. The Morgan fingerprint density at radius 1 is 1.25 bits per heavy atom. The van der Waals surface area contributed by atoms with E-state index in [4.69, 9.17) is 10.7 Å². The Hall–Kier alpha value is -4.52. The van der Waals surface area contributed by atoms with Crippen LogP contribution in [0.1, 0.15) is 11.4 Å². The van der Waals surface area contributed by atoms with Gasteiger partial charge in [0.15, 0.2) is 0 Å². The Morgan fingerprint density at radius 2 is 2.12 bits per heavy atom. The molecule has 2 aromatic carbocycles. The average Bonchev–Trinajstić information content (AvgIpc) is 3.39. The van der Waals surface area contributed by atoms with Gasteiger partial charge in [0.2, 0.25) is 0 Å². The van der Waals surface area contributed by atoms with E-state index in [1.165, 1.54) is 12.4 Å². The smallest absolute Gasteiger partial charge is 0.149 e. The van der Waals surface area contributed by atoms with Gasteiger partial charge in [0.25, 0.3) is 0 Å². The van der Waals surface area contributed by atoms with Crippen LogP contribution < -0.4 is 11.1 Å². The van der Waals surface area contributed by atoms with Gasteiger partial charge in [-0.2, -0.15) is 10.4 Å². The zero-order chi connectivity index (χ0) is 22.2. The highest BCUT2D eigenvalue weighted by Crippen LogP contribution is 2.35. The fraction of sp³-hybridized carbons (Fsp3) is 0.136. The van der Waals surface area contributed by atoms with Crippen LogP contribution in [0.15, 0.2) is 42.9 Å². The third-order valence-corrected chi connectivity index (χ3v) is 5.46. The van der Waals surface area contributed by atoms with Crippen molar-refractivity contribution >= 4 is 33.6 Å². The van der Waals surface area contributed by atoms with Crippen molar-refractivity contribution < 1.29 is 4.39 Å². The summed E-state index contributed by atoms with van der Waals surface area (Å²) in [7, 11) is 1.87. The van der Waals surface area contributed by atoms with Crippen molar-refractivity contribution in [3.63, 3.8) is 0 Å². The first-order chi connectivity index (χ1) is 15.6. The van der Waals surface area contributed by atoms with Crippen LogP contribution in [0, 0.1) is 17.1 Å². The zero-order valence-electron chi connectivity index (χ0n) is 17.1. The SMILES string of the molecule is Cn1c(CCNc2ncnc(N)c2C#N)nc2ccc(F)c(-c3cccc4[nH]ncc34)c21. The molecule has 158 valence electrons. The van der Waals surface area contributed by atoms with Crippen LogP contribution in [-0.4, -0.2) is 36.3 Å². The summed E-state index contributed by atoms with van der Waals surface area (Å²) in [5.74, 6) is 0.937. The number of anilines is 2. The summed E-state index contributed by atoms with van der Waals surface area (Å²) in [6, 6.07) is 10.8. The molecule has 0 amide bonds. The Balaban J connectivity index is 1.51. The number of halogens is 1. The molecule has 9 nitrogen and oxygen atoms in total. The van der Waals surface area contributed by atoms with Crippen molar-refractivity contribution in [1.82, 2.24) is 29.7 Å². The molecule has 5 rings (SSSR count). The number of H-pyrrole nitrogens is 1. The summed E-state index contributed by atoms with van der Waals surface area (Å²) < 4.78 is 17.0. The molecular formula is C22H18FN9. The molecular weight excluding hydrogens is 409 g/mol. The van der Waals surface area contributed by atoms with Crippen LogP contribution in [0.5, 0.6) is 0 Å². The maximum Gasteiger partial charge on any atom is 0.149 e. The lowest BCUT2D eigenvalue weighted by Gasteiger charge is -2.10. The maximum atomic E-state index is 15.1. The Labute approximate surface area is 181 Å². The van der Waals surface area contributed by atoms with E-state index in [-0.39, 0.29) is 17.2 Å². The number of fused-ring (bicyclic) bond motifs is 2. The van der Waals surface area contributed by atoms with Crippen LogP contribution in [-0.2, 0) is 13.5 Å². The van der Waals surface area contributed by atoms with Crippen LogP contribution >= 0.6 is 0 Å². The van der Waals surface area contributed by atoms with E-state index in [0.717, 1.165) is 22.3 Å². The van der Waals surface area contributed by atoms with E-state index in [0.29, 0.717) is 35.4 Å². The molecule has 3 aromatic heterocycles. The van der Waals surface area contributed by atoms with Crippen molar-refractivity contribution in [2.45, 2.75) is 6.42 Å². The van der Waals surface area contributed by atoms with Crippen molar-refractivity contribution in [2.75, 3.05) is 17.6 Å². The predicted octanol–water partition coefficient (Wildman–Crippen LogP) is 3.15. The zero-order valence-corrected chi connectivity index (χ0v) is 17.1. The van der Waals surface area contributed by atoms with Crippen molar-refractivity contribution in [1.29, 1.82) is 5.26 Å². The number of nitrogens with two attached hydrogens (primary N) is 1. The third-order valence-electron chi connectivity index (χ3n) is 5.46. The minimum atomic E-state index is -0.325. The fourth-order valence-electron chi connectivity index (χ4n) is 3.93. The number of nitrogen functional groups attached to an aromatic ring is 1. The van der Waals surface area contributed by atoms with Gasteiger partial charge in [-0.1, -0.05) is 12.1 Å². The van der Waals surface area contributed by atoms with Crippen molar-refractivity contribution in [2.24, 2.45) is 7.05 Å². The number of hydrogen-bond acceptors (Lipinski definition) is 7. The summed E-state index contributed by atoms with van der Waals surface area (Å²) in [5.41, 5.74) is 9.42. The van der Waals surface area contributed by atoms with Crippen LogP contribution in [0.25, 0.3) is 33.1 Å². The molecule has 0 bridgehead atoms. The number of benzene rings is 2. The topological polar surface area (TPSA) is 134 Å². The Kier molecular flexibility index (Phi) is 4.63. The number of hydrogen-bond donors (Lipinski definition) is 3. The first-order valence-electron chi connectivity index (χ1n) is 9.89. The second-order valence-corrected chi connectivity index (χ2v) is 7.29. The molecule has 0 radical (unpaired) electrons. The van der Waals surface area contributed by atoms with Gasteiger partial charge in [-0.15, -0.1) is 0 Å². The van der Waals surface area contributed by atoms with Gasteiger partial charge >= 0.3 is 0 Å². The highest BCUT2D eigenvalue weighted by atomic mass is 19.1. The van der Waals surface area contributed by atoms with Crippen LogP contribution in [0.2, 0.25) is 0 Å². The lowest BCUT2D eigenvalue weighted by molar-refractivity contribution is 0.632. The molecule has 0 spiro atoms. The van der Waals surface area contributed by atoms with Gasteiger partial charge < -0.3 is 15.6 Å². The minimum Gasteiger partial charge on any atom is -0.382 e. The molecule has 0 unspecified atom stereocenters. The van der Waals surface area contributed by atoms with E-state index >= 15 is 4.39 Å². The van der Waals surface area contributed by atoms with E-state index in [1.54, 1.807) is 12.3 Å². The first kappa shape index (κ1) is 19.4. The lowest BCUT2D eigenvalue weighted by Crippen LogP contribution is -2.12. The van der Waals surface area contributed by atoms with Gasteiger partial charge in [-0.3, -0.25) is 5.10 Å². The molecule has 0 atom stereocenters. The lowest BCUT2D eigenvalue weighted by atomic mass is 10.00. The number of rotatable bonds is 5. The monoisotopic (exact) mass is 427 g/mol. The molecule has 10 heteroatoms. The van der Waals surface area contributed by atoms with Gasteiger partial charge in [0.1, 0.15) is 41.2 Å². The van der Waals surface area contributed by atoms with Crippen molar-refractivity contribution in [3.8, 4) is 17.2 Å². The van der Waals surface area contributed by atoms with E-state index in [9.17, 15) is 5.26 Å². The van der Waals surface area contributed by atoms with Gasteiger partial charge in [-0.25, -0.2) is 19.3 Å². The number of nitrogens with one attached hydrogen (secondary N) is 2. The molecule has 0 aliphatic rings. The summed E-state index contributed by atoms with van der Waals surface area (Å²) >= 11 is 0. The second kappa shape index (κ2) is 7.63. The summed E-state index contributed by atoms with van der Waals surface area (Å²) in [6.45, 7) is 0.456. The minimum absolute atomic E-state index is 0.126. The molecule has 3 heterocycles. The van der Waals surface area contributed by atoms with E-state index in [2.05, 4.69) is 25.5 Å². The highest BCUT2D eigenvalue weighted by Gasteiger charge is 2.19. The standard InChI is InChI=1S/C22H18FN9/c1-32-18(7-8-26-22-13(9-24)21(25)27-11-28-22)30-17-6-5-15(23)19(20(17)32)12-3-2-4-16-14(12)10-29-31-16/h2-6,10-11H,7-8H2,1H3,(H,29,31)(H3,25,26,27,28). The Bertz CT molecular complexity index is 1510. The van der Waals surface area contributed by atoms with E-state index < -0.39 is 0 Å². The van der Waals surface area contributed by atoms with Crippen molar-refractivity contribution in [3.05, 3.63) is 60.1 Å². The molecule has 32 heavy (non-hydrogen) atoms. The first-order valence-corrected chi connectivity index (χ1v) is 9.89. The normalized spacial score (nSPS) is 11.2. The summed E-state index contributed by atoms with van der Waals surface area (Å²) in [6.07, 6.45) is 3.53. The van der Waals surface area contributed by atoms with E-state index in [1.807, 2.05) is 35.9 Å². The molecule has 4 N–H and O–H groups in total. The molecule has 0 fully saturated rings. The summed E-state index contributed by atoms with van der Waals surface area (Å²) in [4.78, 5) is 12.6. The van der Waals surface area contributed by atoms with Gasteiger partial charge in [-0.05, 0) is 23.8 Å². The largest absolute Gasteiger partial charge is 0.382 e. The van der Waals surface area contributed by atoms with Gasteiger partial charge in [0.05, 0.1) is 22.7 Å². The molecule has 0 saturated carbocycles. The highest BCUT2D eigenvalue weighted by molar-refractivity contribution is 6.02. The number of aromatic amines is 1. The maximum absolute atomic E-state index is 15.1. The number of nitriles is 1. The fourth-order valence-corrected chi connectivity index (χ4v) is 3.93. The molecule has 0 saturated heterocycles. The summed E-state index contributed by atoms with van der Waals surface area (Å²) in [5, 5.41) is 20.2. The second-order valence-electron chi connectivity index (χ2n) is 7.29. The van der Waals surface area contributed by atoms with Crippen LogP contribution in [0.4, 0.5) is 16.0 Å². The van der Waals surface area contributed by atoms with Crippen LogP contribution in [0.3, 0.4) is 0 Å². The average molecular weight is 427 g/mol. The quantitative estimate of drug-likeness (QED) is 0.392. The third kappa shape index (κ3) is 3.07. The molecule has 0 aliphatic carbocycles. The number of imidazole rings is 1. The molecule has 0 aliphatic heterocycles. The number of aromatic nitrogens is 6. The Morgan fingerprint density at radius 3 is 2.97 bits per heavy atom.